The molecule has 1 saturated heterocycles. The Bertz CT molecular complexity index is 155. The van der Waals surface area contributed by atoms with Crippen molar-refractivity contribution in [3.05, 3.63) is 12.7 Å². The predicted molar refractivity (Wildman–Crippen MR) is 66.0 cm³/mol. The van der Waals surface area contributed by atoms with Gasteiger partial charge in [-0.15, -0.1) is 6.58 Å². The van der Waals surface area contributed by atoms with Crippen LogP contribution >= 0.6 is 11.8 Å². The van der Waals surface area contributed by atoms with Crippen LogP contribution in [0.25, 0.3) is 0 Å². The van der Waals surface area contributed by atoms with Crippen LogP contribution in [-0.4, -0.2) is 49.1 Å². The van der Waals surface area contributed by atoms with E-state index in [0.29, 0.717) is 0 Å². The second kappa shape index (κ2) is 7.32. The molecule has 0 saturated carbocycles. The lowest BCUT2D eigenvalue weighted by molar-refractivity contribution is 0.395. The first kappa shape index (κ1) is 12.1. The van der Waals surface area contributed by atoms with E-state index in [1.165, 1.54) is 38.2 Å². The highest BCUT2D eigenvalue weighted by molar-refractivity contribution is 7.99. The molecule has 0 spiro atoms. The minimum Gasteiger partial charge on any atom is -0.317 e. The molecular weight excluding hydrogens is 192 g/mol. The normalized spacial score (nSPS) is 18.7. The maximum Gasteiger partial charge on any atom is 0.0157 e. The van der Waals surface area contributed by atoms with Gasteiger partial charge in [0.2, 0.25) is 0 Å². The average Bonchev–Trinajstić information content (AvgIpc) is 2.20. The van der Waals surface area contributed by atoms with E-state index in [4.69, 9.17) is 0 Å². The molecule has 0 aromatic carbocycles. The maximum absolute atomic E-state index is 3.74. The van der Waals surface area contributed by atoms with Gasteiger partial charge in [-0.05, 0) is 33.0 Å². The number of nitrogens with zero attached hydrogens (tertiary/aromatic N) is 1. The highest BCUT2D eigenvalue weighted by atomic mass is 32.2. The highest BCUT2D eigenvalue weighted by Gasteiger charge is 2.12. The van der Waals surface area contributed by atoms with Gasteiger partial charge >= 0.3 is 0 Å². The number of nitrogens with one attached hydrogen (secondary N) is 1. The fourth-order valence-corrected chi connectivity index (χ4v) is 2.97. The first-order chi connectivity index (χ1) is 6.83. The van der Waals surface area contributed by atoms with Crippen molar-refractivity contribution >= 4 is 11.8 Å². The van der Waals surface area contributed by atoms with Crippen LogP contribution in [-0.2, 0) is 0 Å². The minimum absolute atomic E-state index is 0.897. The van der Waals surface area contributed by atoms with Gasteiger partial charge in [0.05, 0.1) is 0 Å². The van der Waals surface area contributed by atoms with Gasteiger partial charge in [-0.2, -0.15) is 11.8 Å². The number of rotatable bonds is 6. The van der Waals surface area contributed by atoms with E-state index >= 15 is 0 Å². The van der Waals surface area contributed by atoms with Gasteiger partial charge in [-0.1, -0.05) is 6.08 Å². The van der Waals surface area contributed by atoms with Gasteiger partial charge in [-0.25, -0.2) is 0 Å². The molecular formula is C11H22N2S. The van der Waals surface area contributed by atoms with Gasteiger partial charge < -0.3 is 10.2 Å². The molecule has 82 valence electrons. The number of piperidine rings is 1. The molecule has 0 aromatic heterocycles. The summed E-state index contributed by atoms with van der Waals surface area (Å²) < 4.78 is 0. The Morgan fingerprint density at radius 2 is 2.21 bits per heavy atom. The van der Waals surface area contributed by atoms with Crippen molar-refractivity contribution in [2.45, 2.75) is 18.1 Å². The van der Waals surface area contributed by atoms with Crippen LogP contribution in [0.5, 0.6) is 0 Å². The van der Waals surface area contributed by atoms with Gasteiger partial charge in [0.15, 0.2) is 0 Å². The molecule has 2 nitrogen and oxygen atoms in total. The van der Waals surface area contributed by atoms with Gasteiger partial charge in [-0.3, -0.25) is 0 Å². The SMILES string of the molecule is C=CCN(C)CCSC1CCNCC1. The molecule has 1 fully saturated rings. The van der Waals surface area contributed by atoms with Gasteiger partial charge in [0.1, 0.15) is 0 Å². The van der Waals surface area contributed by atoms with E-state index in [1.807, 2.05) is 6.08 Å². The Balaban J connectivity index is 1.99. The third-order valence-corrected chi connectivity index (χ3v) is 3.91. The second-order valence-electron chi connectivity index (χ2n) is 3.87. The topological polar surface area (TPSA) is 15.3 Å². The summed E-state index contributed by atoms with van der Waals surface area (Å²) in [5.74, 6) is 1.26. The monoisotopic (exact) mass is 214 g/mol. The number of thioether (sulfide) groups is 1. The first-order valence-electron chi connectivity index (χ1n) is 5.44. The highest BCUT2D eigenvalue weighted by Crippen LogP contribution is 2.19. The molecule has 1 aliphatic heterocycles. The fraction of sp³-hybridized carbons (Fsp3) is 0.818. The van der Waals surface area contributed by atoms with E-state index in [0.717, 1.165) is 11.8 Å². The van der Waals surface area contributed by atoms with Crippen molar-refractivity contribution in [1.29, 1.82) is 0 Å². The van der Waals surface area contributed by atoms with Crippen molar-refractivity contribution in [1.82, 2.24) is 10.2 Å². The van der Waals surface area contributed by atoms with Crippen LogP contribution < -0.4 is 5.32 Å². The predicted octanol–water partition coefficient (Wildman–Crippen LogP) is 1.59. The summed E-state index contributed by atoms with van der Waals surface area (Å²) in [7, 11) is 2.16. The van der Waals surface area contributed by atoms with Crippen molar-refractivity contribution in [2.24, 2.45) is 0 Å². The van der Waals surface area contributed by atoms with Crippen LogP contribution in [0.3, 0.4) is 0 Å². The van der Waals surface area contributed by atoms with Gasteiger partial charge in [0.25, 0.3) is 0 Å². The van der Waals surface area contributed by atoms with Crippen molar-refractivity contribution in [3.8, 4) is 0 Å². The fourth-order valence-electron chi connectivity index (χ4n) is 1.65. The summed E-state index contributed by atoms with van der Waals surface area (Å²) in [6, 6.07) is 0. The Labute approximate surface area is 92.1 Å². The van der Waals surface area contributed by atoms with E-state index in [9.17, 15) is 0 Å². The molecule has 1 rings (SSSR count). The minimum atomic E-state index is 0.897. The lowest BCUT2D eigenvalue weighted by Crippen LogP contribution is -2.30. The number of hydrogen-bond donors (Lipinski definition) is 1. The molecule has 0 atom stereocenters. The zero-order chi connectivity index (χ0) is 10.2. The van der Waals surface area contributed by atoms with Crippen LogP contribution in [0.4, 0.5) is 0 Å². The van der Waals surface area contributed by atoms with Crippen LogP contribution in [0.1, 0.15) is 12.8 Å². The first-order valence-corrected chi connectivity index (χ1v) is 6.49. The zero-order valence-electron chi connectivity index (χ0n) is 9.17. The lowest BCUT2D eigenvalue weighted by Gasteiger charge is -2.23. The summed E-state index contributed by atoms with van der Waals surface area (Å²) in [4.78, 5) is 2.32. The molecule has 0 amide bonds. The molecule has 1 N–H and O–H groups in total. The third kappa shape index (κ3) is 5.03. The van der Waals surface area contributed by atoms with E-state index in [2.05, 4.69) is 35.6 Å². The number of hydrogen-bond acceptors (Lipinski definition) is 3. The Hall–Kier alpha value is 0.01000. The van der Waals surface area contributed by atoms with Crippen LogP contribution in [0.2, 0.25) is 0 Å². The van der Waals surface area contributed by atoms with Crippen molar-refractivity contribution in [3.63, 3.8) is 0 Å². The molecule has 0 aromatic rings. The van der Waals surface area contributed by atoms with Crippen molar-refractivity contribution < 1.29 is 0 Å². The summed E-state index contributed by atoms with van der Waals surface area (Å²) in [5, 5.41) is 4.29. The Morgan fingerprint density at radius 1 is 1.50 bits per heavy atom. The summed E-state index contributed by atoms with van der Waals surface area (Å²) in [6.45, 7) is 8.35. The molecule has 0 unspecified atom stereocenters. The zero-order valence-corrected chi connectivity index (χ0v) is 9.98. The average molecular weight is 214 g/mol. The molecule has 0 bridgehead atoms. The second-order valence-corrected chi connectivity index (χ2v) is 5.28. The molecule has 14 heavy (non-hydrogen) atoms. The third-order valence-electron chi connectivity index (χ3n) is 2.55. The van der Waals surface area contributed by atoms with Crippen LogP contribution in [0.15, 0.2) is 12.7 Å². The summed E-state index contributed by atoms with van der Waals surface area (Å²) >= 11 is 2.14. The van der Waals surface area contributed by atoms with Crippen LogP contribution in [0, 0.1) is 0 Å². The quantitative estimate of drug-likeness (QED) is 0.676. The summed E-state index contributed by atoms with van der Waals surface area (Å²) in [6.07, 6.45) is 4.65. The smallest absolute Gasteiger partial charge is 0.0157 e. The van der Waals surface area contributed by atoms with Gasteiger partial charge in [0, 0.05) is 24.1 Å². The molecule has 1 aliphatic rings. The molecule has 0 aliphatic carbocycles. The standard InChI is InChI=1S/C11H22N2S/c1-3-8-13(2)9-10-14-11-4-6-12-7-5-11/h3,11-12H,1,4-10H2,2H3. The number of likely N-dealkylation sites (N-methyl/N-ethyl adjacent to an activating group) is 1. The van der Waals surface area contributed by atoms with E-state index < -0.39 is 0 Å². The molecule has 3 heteroatoms. The van der Waals surface area contributed by atoms with E-state index in [1.54, 1.807) is 0 Å². The maximum atomic E-state index is 3.74. The summed E-state index contributed by atoms with van der Waals surface area (Å²) in [5.41, 5.74) is 0. The largest absolute Gasteiger partial charge is 0.317 e. The van der Waals surface area contributed by atoms with Crippen molar-refractivity contribution in [2.75, 3.05) is 39.0 Å². The molecule has 1 heterocycles. The van der Waals surface area contributed by atoms with E-state index in [-0.39, 0.29) is 0 Å². The Kier molecular flexibility index (Phi) is 6.32. The molecule has 0 radical (unpaired) electrons. The Morgan fingerprint density at radius 3 is 2.86 bits per heavy atom. The lowest BCUT2D eigenvalue weighted by atomic mass is 10.2.